The highest BCUT2D eigenvalue weighted by molar-refractivity contribution is 7.94. The summed E-state index contributed by atoms with van der Waals surface area (Å²) in [6.07, 6.45) is 0. The number of hydrogen-bond acceptors (Lipinski definition) is 6. The van der Waals surface area contributed by atoms with E-state index in [9.17, 15) is 13.2 Å². The van der Waals surface area contributed by atoms with Crippen molar-refractivity contribution in [3.63, 3.8) is 0 Å². The van der Waals surface area contributed by atoms with E-state index >= 15 is 0 Å². The van der Waals surface area contributed by atoms with Crippen molar-refractivity contribution in [1.82, 2.24) is 0 Å². The maximum Gasteiger partial charge on any atom is 0.274 e. The fraction of sp³-hybridized carbons (Fsp3) is 0.150. The van der Waals surface area contributed by atoms with Gasteiger partial charge in [0, 0.05) is 5.02 Å². The highest BCUT2D eigenvalue weighted by atomic mass is 35.5. The van der Waals surface area contributed by atoms with E-state index in [2.05, 4.69) is 5.32 Å². The fourth-order valence-electron chi connectivity index (χ4n) is 2.75. The molecule has 1 aromatic heterocycles. The number of rotatable bonds is 8. The number of para-hydroxylation sites is 2. The Labute approximate surface area is 183 Å². The molecule has 0 saturated heterocycles. The molecule has 0 unspecified atom stereocenters. The summed E-state index contributed by atoms with van der Waals surface area (Å²) in [5.41, 5.74) is 0.588. The highest BCUT2D eigenvalue weighted by Crippen LogP contribution is 2.34. The second-order valence-corrected chi connectivity index (χ2v) is 9.48. The predicted molar refractivity (Wildman–Crippen MR) is 118 cm³/mol. The number of hydrogen-bond donors (Lipinski definition) is 1. The zero-order chi connectivity index (χ0) is 21.7. The first kappa shape index (κ1) is 21.9. The van der Waals surface area contributed by atoms with Gasteiger partial charge in [0.05, 0.1) is 25.6 Å². The Morgan fingerprint density at radius 3 is 2.47 bits per heavy atom. The number of ether oxygens (including phenoxy) is 2. The summed E-state index contributed by atoms with van der Waals surface area (Å²) in [6.45, 7) is -0.476. The van der Waals surface area contributed by atoms with E-state index in [1.807, 2.05) is 0 Å². The number of thiophene rings is 1. The number of halogens is 1. The molecule has 7 nitrogen and oxygen atoms in total. The standard InChI is InChI=1S/C20H19ClN2O5S2/c1-27-17-10-9-14(21)12-15(17)22-19(24)13-23(16-6-3-4-7-18(16)28-2)30(25,26)20-8-5-11-29-20/h3-12H,13H2,1-2H3,(H,22,24). The van der Waals surface area contributed by atoms with E-state index in [4.69, 9.17) is 21.1 Å². The molecular weight excluding hydrogens is 448 g/mol. The van der Waals surface area contributed by atoms with Crippen LogP contribution in [0.25, 0.3) is 0 Å². The van der Waals surface area contributed by atoms with Crippen LogP contribution in [0.5, 0.6) is 11.5 Å². The summed E-state index contributed by atoms with van der Waals surface area (Å²) in [7, 11) is -1.11. The highest BCUT2D eigenvalue weighted by Gasteiger charge is 2.30. The van der Waals surface area contributed by atoms with E-state index in [0.29, 0.717) is 22.2 Å². The molecule has 0 aliphatic rings. The smallest absolute Gasteiger partial charge is 0.274 e. The second kappa shape index (κ2) is 9.38. The van der Waals surface area contributed by atoms with E-state index in [-0.39, 0.29) is 9.90 Å². The molecule has 0 atom stereocenters. The Balaban J connectivity index is 1.98. The molecule has 3 rings (SSSR count). The van der Waals surface area contributed by atoms with Crippen LogP contribution in [0.3, 0.4) is 0 Å². The van der Waals surface area contributed by atoms with Crippen molar-refractivity contribution in [3.05, 3.63) is 65.0 Å². The largest absolute Gasteiger partial charge is 0.495 e. The Morgan fingerprint density at radius 2 is 1.80 bits per heavy atom. The van der Waals surface area contributed by atoms with Crippen molar-refractivity contribution >= 4 is 50.2 Å². The number of anilines is 2. The molecule has 0 spiro atoms. The first-order chi connectivity index (χ1) is 14.4. The molecule has 1 N–H and O–H groups in total. The number of methoxy groups -OCH3 is 2. The van der Waals surface area contributed by atoms with Gasteiger partial charge in [-0.1, -0.05) is 29.8 Å². The SMILES string of the molecule is COc1ccc(Cl)cc1NC(=O)CN(c1ccccc1OC)S(=O)(=O)c1cccs1. The Hall–Kier alpha value is -2.75. The predicted octanol–water partition coefficient (Wildman–Crippen LogP) is 4.25. The minimum atomic E-state index is -4.00. The van der Waals surface area contributed by atoms with Gasteiger partial charge in [0.2, 0.25) is 5.91 Å². The first-order valence-electron chi connectivity index (χ1n) is 8.69. The van der Waals surface area contributed by atoms with Gasteiger partial charge in [0.25, 0.3) is 10.0 Å². The first-order valence-corrected chi connectivity index (χ1v) is 11.4. The van der Waals surface area contributed by atoms with Gasteiger partial charge in [0.15, 0.2) is 0 Å². The molecule has 0 fully saturated rings. The van der Waals surface area contributed by atoms with Crippen molar-refractivity contribution in [3.8, 4) is 11.5 Å². The molecule has 0 aliphatic carbocycles. The van der Waals surface area contributed by atoms with Crippen LogP contribution in [0.1, 0.15) is 0 Å². The number of nitrogens with one attached hydrogen (secondary N) is 1. The summed E-state index contributed by atoms with van der Waals surface area (Å²) in [5.74, 6) is 0.157. The summed E-state index contributed by atoms with van der Waals surface area (Å²) in [6, 6.07) is 14.5. The quantitative estimate of drug-likeness (QED) is 0.536. The third kappa shape index (κ3) is 4.69. The Bertz CT molecular complexity index is 1130. The summed E-state index contributed by atoms with van der Waals surface area (Å²) < 4.78 is 38.2. The third-order valence-electron chi connectivity index (χ3n) is 4.12. The number of nitrogens with zero attached hydrogens (tertiary/aromatic N) is 1. The molecule has 0 radical (unpaired) electrons. The average molecular weight is 467 g/mol. The van der Waals surface area contributed by atoms with Gasteiger partial charge in [0.1, 0.15) is 22.3 Å². The second-order valence-electron chi connectivity index (χ2n) is 6.01. The lowest BCUT2D eigenvalue weighted by Gasteiger charge is -2.25. The minimum Gasteiger partial charge on any atom is -0.495 e. The molecular formula is C20H19ClN2O5S2. The molecule has 3 aromatic rings. The van der Waals surface area contributed by atoms with Crippen LogP contribution < -0.4 is 19.1 Å². The number of benzene rings is 2. The number of carbonyl (C=O) groups is 1. The zero-order valence-electron chi connectivity index (χ0n) is 16.2. The minimum absolute atomic E-state index is 0.113. The lowest BCUT2D eigenvalue weighted by atomic mass is 10.2. The van der Waals surface area contributed by atoms with Gasteiger partial charge in [-0.05, 0) is 41.8 Å². The van der Waals surface area contributed by atoms with E-state index in [1.54, 1.807) is 47.8 Å². The molecule has 158 valence electrons. The number of sulfonamides is 1. The van der Waals surface area contributed by atoms with Crippen molar-refractivity contribution in [2.75, 3.05) is 30.4 Å². The van der Waals surface area contributed by atoms with Crippen molar-refractivity contribution in [1.29, 1.82) is 0 Å². The Kier molecular flexibility index (Phi) is 6.86. The average Bonchev–Trinajstić information content (AvgIpc) is 3.28. The lowest BCUT2D eigenvalue weighted by molar-refractivity contribution is -0.114. The van der Waals surface area contributed by atoms with Crippen LogP contribution in [-0.2, 0) is 14.8 Å². The molecule has 0 saturated carbocycles. The maximum absolute atomic E-state index is 13.3. The molecule has 30 heavy (non-hydrogen) atoms. The molecule has 0 aliphatic heterocycles. The van der Waals surface area contributed by atoms with Gasteiger partial charge in [-0.2, -0.15) is 0 Å². The zero-order valence-corrected chi connectivity index (χ0v) is 18.6. The Morgan fingerprint density at radius 1 is 1.07 bits per heavy atom. The normalized spacial score (nSPS) is 11.0. The molecule has 2 aromatic carbocycles. The van der Waals surface area contributed by atoms with Crippen LogP contribution in [0.2, 0.25) is 5.02 Å². The fourth-order valence-corrected chi connectivity index (χ4v) is 5.46. The van der Waals surface area contributed by atoms with E-state index < -0.39 is 22.5 Å². The van der Waals surface area contributed by atoms with Crippen LogP contribution >= 0.6 is 22.9 Å². The van der Waals surface area contributed by atoms with Gasteiger partial charge in [-0.3, -0.25) is 9.10 Å². The van der Waals surface area contributed by atoms with Crippen LogP contribution in [-0.4, -0.2) is 35.1 Å². The number of carbonyl (C=O) groups excluding carboxylic acids is 1. The maximum atomic E-state index is 13.3. The lowest BCUT2D eigenvalue weighted by Crippen LogP contribution is -2.38. The summed E-state index contributed by atoms with van der Waals surface area (Å²) in [4.78, 5) is 12.8. The van der Waals surface area contributed by atoms with Crippen LogP contribution in [0.4, 0.5) is 11.4 Å². The molecule has 1 amide bonds. The van der Waals surface area contributed by atoms with Gasteiger partial charge in [-0.15, -0.1) is 11.3 Å². The van der Waals surface area contributed by atoms with Gasteiger partial charge in [-0.25, -0.2) is 8.42 Å². The van der Waals surface area contributed by atoms with E-state index in [1.165, 1.54) is 26.4 Å². The third-order valence-corrected chi connectivity index (χ3v) is 7.48. The van der Waals surface area contributed by atoms with Crippen LogP contribution in [0.15, 0.2) is 64.2 Å². The van der Waals surface area contributed by atoms with Crippen molar-refractivity contribution < 1.29 is 22.7 Å². The number of amides is 1. The molecule has 10 heteroatoms. The summed E-state index contributed by atoms with van der Waals surface area (Å²) >= 11 is 7.08. The molecule has 1 heterocycles. The monoisotopic (exact) mass is 466 g/mol. The van der Waals surface area contributed by atoms with Crippen molar-refractivity contribution in [2.45, 2.75) is 4.21 Å². The molecule has 0 bridgehead atoms. The summed E-state index contributed by atoms with van der Waals surface area (Å²) in [5, 5.41) is 4.72. The van der Waals surface area contributed by atoms with Crippen molar-refractivity contribution in [2.24, 2.45) is 0 Å². The topological polar surface area (TPSA) is 84.9 Å². The van der Waals surface area contributed by atoms with E-state index in [0.717, 1.165) is 15.6 Å². The van der Waals surface area contributed by atoms with Gasteiger partial charge >= 0.3 is 0 Å². The van der Waals surface area contributed by atoms with Crippen LogP contribution in [0, 0.1) is 0 Å². The van der Waals surface area contributed by atoms with Gasteiger partial charge < -0.3 is 14.8 Å².